The highest BCUT2D eigenvalue weighted by Gasteiger charge is 2.24. The molecule has 0 aliphatic carbocycles. The number of benzene rings is 2. The van der Waals surface area contributed by atoms with E-state index in [4.69, 9.17) is 9.72 Å². The number of thiazole rings is 1. The Bertz CT molecular complexity index is 1240. The number of carbonyl (C=O) groups is 1. The Morgan fingerprint density at radius 2 is 1.77 bits per heavy atom. The Balaban J connectivity index is 1.50. The van der Waals surface area contributed by atoms with Crippen LogP contribution in [0.5, 0.6) is 0 Å². The highest BCUT2D eigenvalue weighted by Crippen LogP contribution is 2.31. The Morgan fingerprint density at radius 3 is 2.49 bits per heavy atom. The molecule has 0 unspecified atom stereocenters. The van der Waals surface area contributed by atoms with Crippen LogP contribution in [0.25, 0.3) is 10.2 Å². The van der Waals surface area contributed by atoms with Crippen molar-refractivity contribution in [1.82, 2.24) is 9.88 Å². The molecule has 1 aliphatic rings. The van der Waals surface area contributed by atoms with Crippen LogP contribution in [0.2, 0.25) is 0 Å². The van der Waals surface area contributed by atoms with Gasteiger partial charge in [0, 0.05) is 32.6 Å². The zero-order valence-electron chi connectivity index (χ0n) is 20.6. The second-order valence-electron chi connectivity index (χ2n) is 9.14. The summed E-state index contributed by atoms with van der Waals surface area (Å²) < 4.78 is 32.1. The number of hydrogen-bond acceptors (Lipinski definition) is 7. The maximum absolute atomic E-state index is 13.4. The van der Waals surface area contributed by atoms with Crippen LogP contribution in [0.3, 0.4) is 0 Å². The predicted octanol–water partition coefficient (Wildman–Crippen LogP) is 4.14. The SMILES string of the molecule is Cc1ccc(S(=O)(=O)CCC(=O)N(CCCN2CCOCC2)c2nc3cc(C)c(C)cc3s2)cc1. The number of morpholine rings is 1. The van der Waals surface area contributed by atoms with Gasteiger partial charge in [0.25, 0.3) is 0 Å². The Labute approximate surface area is 211 Å². The van der Waals surface area contributed by atoms with E-state index in [1.165, 1.54) is 16.9 Å². The molecule has 0 bridgehead atoms. The third-order valence-corrected chi connectivity index (χ3v) is 9.22. The van der Waals surface area contributed by atoms with Crippen molar-refractivity contribution in [3.05, 3.63) is 53.1 Å². The van der Waals surface area contributed by atoms with E-state index in [0.29, 0.717) is 11.7 Å². The molecule has 35 heavy (non-hydrogen) atoms. The van der Waals surface area contributed by atoms with E-state index in [2.05, 4.69) is 24.8 Å². The minimum Gasteiger partial charge on any atom is -0.379 e. The number of nitrogens with zero attached hydrogens (tertiary/aromatic N) is 3. The molecular weight excluding hydrogens is 482 g/mol. The first-order valence-corrected chi connectivity index (χ1v) is 14.5. The molecule has 1 aromatic heterocycles. The van der Waals surface area contributed by atoms with E-state index in [0.717, 1.165) is 60.6 Å². The summed E-state index contributed by atoms with van der Waals surface area (Å²) in [6.07, 6.45) is 0.701. The number of sulfone groups is 1. The van der Waals surface area contributed by atoms with Crippen LogP contribution in [-0.4, -0.2) is 69.4 Å². The van der Waals surface area contributed by atoms with Gasteiger partial charge < -0.3 is 4.74 Å². The number of hydrogen-bond donors (Lipinski definition) is 0. The lowest BCUT2D eigenvalue weighted by atomic mass is 10.1. The number of amides is 1. The second kappa shape index (κ2) is 11.2. The van der Waals surface area contributed by atoms with Crippen molar-refractivity contribution >= 4 is 42.4 Å². The van der Waals surface area contributed by atoms with Gasteiger partial charge in [0.15, 0.2) is 15.0 Å². The maximum atomic E-state index is 13.4. The largest absolute Gasteiger partial charge is 0.379 e. The van der Waals surface area contributed by atoms with E-state index in [1.54, 1.807) is 29.2 Å². The molecule has 1 aliphatic heterocycles. The summed E-state index contributed by atoms with van der Waals surface area (Å²) in [7, 11) is -3.55. The topological polar surface area (TPSA) is 79.8 Å². The van der Waals surface area contributed by atoms with Gasteiger partial charge in [-0.15, -0.1) is 0 Å². The molecule has 0 spiro atoms. The van der Waals surface area contributed by atoms with Crippen molar-refractivity contribution in [2.24, 2.45) is 0 Å². The van der Waals surface area contributed by atoms with Crippen LogP contribution in [0, 0.1) is 20.8 Å². The molecule has 7 nitrogen and oxygen atoms in total. The van der Waals surface area contributed by atoms with Gasteiger partial charge in [-0.05, 0) is 62.6 Å². The molecule has 0 radical (unpaired) electrons. The summed E-state index contributed by atoms with van der Waals surface area (Å²) in [5.41, 5.74) is 4.20. The minimum absolute atomic E-state index is 0.0816. The molecule has 3 aromatic rings. The second-order valence-corrected chi connectivity index (χ2v) is 12.3. The van der Waals surface area contributed by atoms with E-state index in [1.807, 2.05) is 13.0 Å². The lowest BCUT2D eigenvalue weighted by molar-refractivity contribution is -0.118. The lowest BCUT2D eigenvalue weighted by Gasteiger charge is -2.27. The zero-order chi connectivity index (χ0) is 25.0. The summed E-state index contributed by atoms with van der Waals surface area (Å²) in [4.78, 5) is 22.4. The van der Waals surface area contributed by atoms with Gasteiger partial charge in [0.1, 0.15) is 0 Å². The van der Waals surface area contributed by atoms with Gasteiger partial charge in [0.05, 0.1) is 34.1 Å². The quantitative estimate of drug-likeness (QED) is 0.426. The average Bonchev–Trinajstić information content (AvgIpc) is 3.23. The molecule has 0 N–H and O–H groups in total. The van der Waals surface area contributed by atoms with Crippen LogP contribution < -0.4 is 4.90 Å². The zero-order valence-corrected chi connectivity index (χ0v) is 22.3. The van der Waals surface area contributed by atoms with Gasteiger partial charge in [-0.2, -0.15) is 0 Å². The Morgan fingerprint density at radius 1 is 1.09 bits per heavy atom. The summed E-state index contributed by atoms with van der Waals surface area (Å²) in [5.74, 6) is -0.437. The first-order chi connectivity index (χ1) is 16.7. The third kappa shape index (κ3) is 6.46. The van der Waals surface area contributed by atoms with Crippen LogP contribution in [0.1, 0.15) is 29.5 Å². The summed E-state index contributed by atoms with van der Waals surface area (Å²) in [6.45, 7) is 10.6. The number of aromatic nitrogens is 1. The number of anilines is 1. The van der Waals surface area contributed by atoms with Crippen LogP contribution in [0.4, 0.5) is 5.13 Å². The lowest BCUT2D eigenvalue weighted by Crippen LogP contribution is -2.39. The monoisotopic (exact) mass is 515 g/mol. The molecule has 4 rings (SSSR count). The third-order valence-electron chi connectivity index (χ3n) is 6.45. The normalized spacial score (nSPS) is 14.9. The molecule has 188 valence electrons. The first-order valence-electron chi connectivity index (χ1n) is 12.0. The standard InChI is InChI=1S/C26H33N3O4S2/c1-19-5-7-22(8-6-19)35(31,32)16-9-25(30)29(11-4-10-28-12-14-33-15-13-28)26-27-23-17-20(2)21(3)18-24(23)34-26/h5-8,17-18H,4,9-16H2,1-3H3. The fourth-order valence-electron chi connectivity index (χ4n) is 4.11. The van der Waals surface area contributed by atoms with Gasteiger partial charge >= 0.3 is 0 Å². The molecule has 1 fully saturated rings. The molecule has 1 saturated heterocycles. The molecule has 0 atom stereocenters. The van der Waals surface area contributed by atoms with Crippen LogP contribution >= 0.6 is 11.3 Å². The number of carbonyl (C=O) groups excluding carboxylic acids is 1. The van der Waals surface area contributed by atoms with E-state index < -0.39 is 9.84 Å². The molecule has 0 saturated carbocycles. The van der Waals surface area contributed by atoms with Gasteiger partial charge in [-0.25, -0.2) is 13.4 Å². The van der Waals surface area contributed by atoms with Crippen LogP contribution in [0.15, 0.2) is 41.3 Å². The highest BCUT2D eigenvalue weighted by molar-refractivity contribution is 7.91. The van der Waals surface area contributed by atoms with Crippen molar-refractivity contribution in [2.75, 3.05) is 50.0 Å². The summed E-state index contributed by atoms with van der Waals surface area (Å²) >= 11 is 1.48. The number of aryl methyl sites for hydroxylation is 3. The molecule has 2 heterocycles. The van der Waals surface area contributed by atoms with Crippen molar-refractivity contribution in [3.8, 4) is 0 Å². The van der Waals surface area contributed by atoms with Crippen molar-refractivity contribution in [2.45, 2.75) is 38.5 Å². The molecular formula is C26H33N3O4S2. The summed E-state index contributed by atoms with van der Waals surface area (Å²) in [6, 6.07) is 10.9. The number of rotatable bonds is 9. The van der Waals surface area contributed by atoms with E-state index >= 15 is 0 Å². The van der Waals surface area contributed by atoms with Crippen molar-refractivity contribution in [1.29, 1.82) is 0 Å². The Kier molecular flexibility index (Phi) is 8.21. The number of ether oxygens (including phenoxy) is 1. The number of fused-ring (bicyclic) bond motifs is 1. The average molecular weight is 516 g/mol. The molecule has 9 heteroatoms. The van der Waals surface area contributed by atoms with Crippen molar-refractivity contribution < 1.29 is 17.9 Å². The van der Waals surface area contributed by atoms with E-state index in [-0.39, 0.29) is 23.0 Å². The summed E-state index contributed by atoms with van der Waals surface area (Å²) in [5, 5.41) is 0.629. The fraction of sp³-hybridized carbons (Fsp3) is 0.462. The molecule has 1 amide bonds. The van der Waals surface area contributed by atoms with Gasteiger partial charge in [-0.1, -0.05) is 29.0 Å². The van der Waals surface area contributed by atoms with Crippen molar-refractivity contribution in [3.63, 3.8) is 0 Å². The maximum Gasteiger partial charge on any atom is 0.229 e. The van der Waals surface area contributed by atoms with Crippen LogP contribution in [-0.2, 0) is 19.4 Å². The first kappa shape index (κ1) is 25.8. The predicted molar refractivity (Wildman–Crippen MR) is 141 cm³/mol. The Hall–Kier alpha value is -2.33. The van der Waals surface area contributed by atoms with Gasteiger partial charge in [0.2, 0.25) is 5.91 Å². The molecule has 2 aromatic carbocycles. The van der Waals surface area contributed by atoms with E-state index in [9.17, 15) is 13.2 Å². The fourth-order valence-corrected chi connectivity index (χ4v) is 6.43. The highest BCUT2D eigenvalue weighted by atomic mass is 32.2. The van der Waals surface area contributed by atoms with Gasteiger partial charge in [-0.3, -0.25) is 14.6 Å². The smallest absolute Gasteiger partial charge is 0.229 e. The minimum atomic E-state index is -3.55.